The summed E-state index contributed by atoms with van der Waals surface area (Å²) in [5, 5.41) is 13.7. The minimum absolute atomic E-state index is 0. The molecule has 0 unspecified atom stereocenters. The van der Waals surface area contributed by atoms with E-state index < -0.39 is 4.92 Å². The van der Waals surface area contributed by atoms with Gasteiger partial charge >= 0.3 is 17.1 Å². The third kappa shape index (κ3) is 8.30. The Morgan fingerprint density at radius 3 is 1.96 bits per heavy atom. The van der Waals surface area contributed by atoms with Crippen LogP contribution < -0.4 is 5.32 Å². The molecular weight excluding hydrogens is 376 g/mol. The van der Waals surface area contributed by atoms with Crippen molar-refractivity contribution < 1.29 is 22.0 Å². The first-order chi connectivity index (χ1) is 11.7. The Kier molecular flexibility index (Phi) is 10.9. The van der Waals surface area contributed by atoms with E-state index in [0.717, 1.165) is 22.9 Å². The van der Waals surface area contributed by atoms with Crippen LogP contribution in [-0.4, -0.2) is 16.5 Å². The maximum Gasteiger partial charge on any atom is 2.00 e. The Bertz CT molecular complexity index is 519. The Morgan fingerprint density at radius 1 is 0.960 bits per heavy atom. The number of thiocarbonyl (C=S) groups is 1. The third-order valence-electron chi connectivity index (χ3n) is 3.33. The fourth-order valence-electron chi connectivity index (χ4n) is 2.05. The molecule has 0 bridgehead atoms. The van der Waals surface area contributed by atoms with Crippen molar-refractivity contribution in [1.29, 1.82) is 0 Å². The van der Waals surface area contributed by atoms with Crippen LogP contribution in [0.4, 0.5) is 5.69 Å². The molecule has 6 heteroatoms. The standard InChI is InChI=1S/C14H13N2O2S.C5H5.Fe/c17-16(18)13-7-5-11(6-8-13)9-10-15-14(19)12-3-1-2-4-12;1-2-4-5-3-1;/h1-8H,9-10H2,(H,15,19);1-5H;/q;;+2. The van der Waals surface area contributed by atoms with Crippen LogP contribution >= 0.6 is 12.2 Å². The molecule has 1 aromatic rings. The molecule has 1 aromatic carbocycles. The number of hydrogen-bond acceptors (Lipinski definition) is 3. The van der Waals surface area contributed by atoms with E-state index in [1.54, 1.807) is 12.1 Å². The van der Waals surface area contributed by atoms with Gasteiger partial charge in [0.15, 0.2) is 0 Å². The number of rotatable bonds is 5. The van der Waals surface area contributed by atoms with Crippen molar-refractivity contribution in [3.05, 3.63) is 104 Å². The van der Waals surface area contributed by atoms with Crippen molar-refractivity contribution in [3.63, 3.8) is 0 Å². The van der Waals surface area contributed by atoms with E-state index in [9.17, 15) is 10.1 Å². The largest absolute Gasteiger partial charge is 2.00 e. The minimum atomic E-state index is -0.396. The van der Waals surface area contributed by atoms with Gasteiger partial charge in [-0.05, 0) is 69.8 Å². The molecule has 2 aliphatic carbocycles. The molecule has 4 nitrogen and oxygen atoms in total. The van der Waals surface area contributed by atoms with Gasteiger partial charge in [0.1, 0.15) is 0 Å². The number of non-ortho nitro benzene ring substituents is 1. The summed E-state index contributed by atoms with van der Waals surface area (Å²) in [7, 11) is 0. The first-order valence-corrected chi connectivity index (χ1v) is 7.97. The molecule has 0 atom stereocenters. The average molecular weight is 394 g/mol. The number of benzene rings is 1. The van der Waals surface area contributed by atoms with Gasteiger partial charge in [0.05, 0.1) is 9.91 Å². The summed E-state index contributed by atoms with van der Waals surface area (Å²) in [6.45, 7) is 0.710. The maximum atomic E-state index is 10.5. The van der Waals surface area contributed by atoms with Crippen LogP contribution in [0.25, 0.3) is 0 Å². The zero-order chi connectivity index (χ0) is 17.2. The number of nitro groups is 1. The van der Waals surface area contributed by atoms with Crippen LogP contribution in [0.15, 0.2) is 24.3 Å². The van der Waals surface area contributed by atoms with E-state index in [2.05, 4.69) is 5.32 Å². The van der Waals surface area contributed by atoms with Crippen molar-refractivity contribution in [2.75, 3.05) is 6.54 Å². The summed E-state index contributed by atoms with van der Waals surface area (Å²) in [6, 6.07) is 6.58. The van der Waals surface area contributed by atoms with Gasteiger partial charge in [0.2, 0.25) is 0 Å². The van der Waals surface area contributed by atoms with Crippen LogP contribution in [0.5, 0.6) is 0 Å². The van der Waals surface area contributed by atoms with Gasteiger partial charge in [-0.1, -0.05) is 24.4 Å². The molecule has 0 spiro atoms. The summed E-state index contributed by atoms with van der Waals surface area (Å²) >= 11 is 5.24. The van der Waals surface area contributed by atoms with E-state index in [1.807, 2.05) is 57.8 Å². The number of hydrogen-bond donors (Lipinski definition) is 1. The van der Waals surface area contributed by atoms with Gasteiger partial charge < -0.3 is 5.32 Å². The molecule has 10 radical (unpaired) electrons. The summed E-state index contributed by atoms with van der Waals surface area (Å²) in [4.78, 5) is 10.9. The molecule has 0 heterocycles. The smallest absolute Gasteiger partial charge is 0.379 e. The van der Waals surface area contributed by atoms with E-state index in [-0.39, 0.29) is 22.8 Å². The second kappa shape index (κ2) is 12.4. The molecule has 128 valence electrons. The molecule has 3 rings (SSSR count). The van der Waals surface area contributed by atoms with Gasteiger partial charge in [-0.3, -0.25) is 10.1 Å². The molecule has 0 aliphatic heterocycles. The van der Waals surface area contributed by atoms with Crippen molar-refractivity contribution in [1.82, 2.24) is 5.32 Å². The predicted octanol–water partition coefficient (Wildman–Crippen LogP) is 3.48. The fourth-order valence-corrected chi connectivity index (χ4v) is 2.29. The average Bonchev–Trinajstić information content (AvgIpc) is 3.31. The van der Waals surface area contributed by atoms with Crippen molar-refractivity contribution >= 4 is 22.9 Å². The second-order valence-electron chi connectivity index (χ2n) is 5.07. The van der Waals surface area contributed by atoms with Crippen LogP contribution in [0.3, 0.4) is 0 Å². The van der Waals surface area contributed by atoms with E-state index >= 15 is 0 Å². The Balaban J connectivity index is 0.000000448. The van der Waals surface area contributed by atoms with Crippen molar-refractivity contribution in [3.8, 4) is 0 Å². The van der Waals surface area contributed by atoms with Crippen LogP contribution in [0.2, 0.25) is 0 Å². The Morgan fingerprint density at radius 2 is 1.48 bits per heavy atom. The first kappa shape index (κ1) is 22.1. The van der Waals surface area contributed by atoms with E-state index in [0.29, 0.717) is 6.54 Å². The van der Waals surface area contributed by atoms with Crippen LogP contribution in [0.1, 0.15) is 5.56 Å². The molecule has 25 heavy (non-hydrogen) atoms. The molecular formula is C19H18FeN2O2S+2. The SMILES string of the molecule is O=[N+]([O-])c1ccc(CCNC(=S)[C]2[CH][CH][CH][CH]2)cc1.[CH]1[CH][CH][CH][CH]1.[Fe+2]. The van der Waals surface area contributed by atoms with Gasteiger partial charge in [-0.25, -0.2) is 0 Å². The molecule has 0 saturated heterocycles. The minimum Gasteiger partial charge on any atom is -0.379 e. The van der Waals surface area contributed by atoms with Gasteiger partial charge in [-0.2, -0.15) is 0 Å². The molecule has 1 N–H and O–H groups in total. The first-order valence-electron chi connectivity index (χ1n) is 7.57. The quantitative estimate of drug-likeness (QED) is 0.360. The van der Waals surface area contributed by atoms with Gasteiger partial charge in [0, 0.05) is 24.6 Å². The summed E-state index contributed by atoms with van der Waals surface area (Å²) in [6.07, 6.45) is 18.6. The number of nitrogens with zero attached hydrogens (tertiary/aromatic N) is 1. The second-order valence-corrected chi connectivity index (χ2v) is 5.47. The predicted molar refractivity (Wildman–Crippen MR) is 99.3 cm³/mol. The van der Waals surface area contributed by atoms with Crippen LogP contribution in [0, 0.1) is 73.8 Å². The molecule has 2 saturated carbocycles. The monoisotopic (exact) mass is 394 g/mol. The van der Waals surface area contributed by atoms with Crippen molar-refractivity contribution in [2.45, 2.75) is 6.42 Å². The zero-order valence-corrected chi connectivity index (χ0v) is 15.4. The maximum absolute atomic E-state index is 10.5. The summed E-state index contributed by atoms with van der Waals surface area (Å²) < 4.78 is 0. The van der Waals surface area contributed by atoms with Gasteiger partial charge in [0.25, 0.3) is 5.69 Å². The molecule has 0 amide bonds. The van der Waals surface area contributed by atoms with Crippen molar-refractivity contribution in [2.24, 2.45) is 0 Å². The Hall–Kier alpha value is -0.971. The number of nitrogens with one attached hydrogen (secondary N) is 1. The summed E-state index contributed by atoms with van der Waals surface area (Å²) in [5.41, 5.74) is 1.16. The third-order valence-corrected chi connectivity index (χ3v) is 3.71. The summed E-state index contributed by atoms with van der Waals surface area (Å²) in [5.74, 6) is 1.01. The Labute approximate surface area is 166 Å². The molecule has 2 fully saturated rings. The normalized spacial score (nSPS) is 16.5. The fraction of sp³-hybridized carbons (Fsp3) is 0.105. The molecule has 0 aromatic heterocycles. The van der Waals surface area contributed by atoms with E-state index in [1.165, 1.54) is 12.1 Å². The van der Waals surface area contributed by atoms with Crippen LogP contribution in [-0.2, 0) is 23.5 Å². The zero-order valence-electron chi connectivity index (χ0n) is 13.4. The molecule has 2 aliphatic rings. The topological polar surface area (TPSA) is 55.2 Å². The van der Waals surface area contributed by atoms with Gasteiger partial charge in [-0.15, -0.1) is 0 Å². The van der Waals surface area contributed by atoms with E-state index in [4.69, 9.17) is 12.2 Å². The number of nitro benzene ring substituents is 1.